The van der Waals surface area contributed by atoms with Gasteiger partial charge in [0.15, 0.2) is 17.3 Å². The molecule has 0 spiro atoms. The van der Waals surface area contributed by atoms with Crippen LogP contribution in [0.2, 0.25) is 0 Å². The maximum Gasteiger partial charge on any atom is 0.287 e. The molecule has 128 valence electrons. The topological polar surface area (TPSA) is 60.7 Å². The van der Waals surface area contributed by atoms with Crippen molar-refractivity contribution >= 4 is 5.91 Å². The average Bonchev–Trinajstić information content (AvgIpc) is 3.10. The van der Waals surface area contributed by atoms with E-state index in [-0.39, 0.29) is 18.6 Å². The van der Waals surface area contributed by atoms with E-state index in [1.165, 1.54) is 19.3 Å². The first-order valence-corrected chi connectivity index (χ1v) is 8.41. The van der Waals surface area contributed by atoms with Gasteiger partial charge in [0.2, 0.25) is 0 Å². The van der Waals surface area contributed by atoms with Crippen LogP contribution in [0, 0.1) is 0 Å². The Labute approximate surface area is 141 Å². The van der Waals surface area contributed by atoms with Crippen LogP contribution in [-0.2, 0) is 6.61 Å². The maximum atomic E-state index is 12.2. The molecule has 1 N–H and O–H groups in total. The van der Waals surface area contributed by atoms with Crippen LogP contribution >= 0.6 is 0 Å². The lowest BCUT2D eigenvalue weighted by molar-refractivity contribution is 0.0895. The Bertz CT molecular complexity index is 674. The van der Waals surface area contributed by atoms with Gasteiger partial charge in [-0.2, -0.15) is 0 Å². The molecule has 0 unspecified atom stereocenters. The first-order valence-electron chi connectivity index (χ1n) is 8.41. The summed E-state index contributed by atoms with van der Waals surface area (Å²) in [7, 11) is 1.60. The largest absolute Gasteiger partial charge is 0.493 e. The number of hydrogen-bond acceptors (Lipinski definition) is 4. The van der Waals surface area contributed by atoms with E-state index in [2.05, 4.69) is 5.32 Å². The van der Waals surface area contributed by atoms with Crippen LogP contribution < -0.4 is 14.8 Å². The Morgan fingerprint density at radius 2 is 1.88 bits per heavy atom. The summed E-state index contributed by atoms with van der Waals surface area (Å²) < 4.78 is 16.6. The molecule has 1 fully saturated rings. The van der Waals surface area contributed by atoms with Gasteiger partial charge in [0.05, 0.1) is 7.11 Å². The number of carbonyl (C=O) groups is 1. The van der Waals surface area contributed by atoms with Crippen LogP contribution in [-0.4, -0.2) is 19.1 Å². The molecular formula is C19H23NO4. The van der Waals surface area contributed by atoms with E-state index >= 15 is 0 Å². The van der Waals surface area contributed by atoms with Crippen molar-refractivity contribution in [1.82, 2.24) is 5.32 Å². The zero-order valence-corrected chi connectivity index (χ0v) is 13.9. The summed E-state index contributed by atoms with van der Waals surface area (Å²) >= 11 is 0. The van der Waals surface area contributed by atoms with Gasteiger partial charge in [0.1, 0.15) is 12.4 Å². The monoisotopic (exact) mass is 329 g/mol. The number of amides is 1. The summed E-state index contributed by atoms with van der Waals surface area (Å²) in [5, 5.41) is 3.05. The molecule has 0 aliphatic heterocycles. The fourth-order valence-corrected chi connectivity index (χ4v) is 2.97. The molecule has 2 aromatic rings. The van der Waals surface area contributed by atoms with Gasteiger partial charge in [-0.05, 0) is 37.1 Å². The zero-order chi connectivity index (χ0) is 16.8. The summed E-state index contributed by atoms with van der Waals surface area (Å²) in [5.74, 6) is 2.10. The van der Waals surface area contributed by atoms with Gasteiger partial charge in [-0.15, -0.1) is 0 Å². The Morgan fingerprint density at radius 1 is 1.12 bits per heavy atom. The van der Waals surface area contributed by atoms with E-state index in [4.69, 9.17) is 13.9 Å². The standard InChI is InChI=1S/C19H23NO4/c1-22-16-9-5-6-10-17(16)23-13-15-11-12-18(24-15)19(21)20-14-7-3-2-4-8-14/h5-6,9-12,14H,2-4,7-8,13H2,1H3,(H,20,21). The number of carbonyl (C=O) groups excluding carboxylic acids is 1. The third-order valence-corrected chi connectivity index (χ3v) is 4.26. The molecule has 1 aromatic carbocycles. The maximum absolute atomic E-state index is 12.2. The summed E-state index contributed by atoms with van der Waals surface area (Å²) in [6.07, 6.45) is 5.73. The van der Waals surface area contributed by atoms with E-state index in [9.17, 15) is 4.79 Å². The lowest BCUT2D eigenvalue weighted by atomic mass is 9.95. The van der Waals surface area contributed by atoms with Crippen molar-refractivity contribution in [2.45, 2.75) is 44.8 Å². The van der Waals surface area contributed by atoms with Gasteiger partial charge in [-0.1, -0.05) is 31.4 Å². The molecule has 1 aliphatic rings. The number of hydrogen-bond donors (Lipinski definition) is 1. The molecular weight excluding hydrogens is 306 g/mol. The first-order chi connectivity index (χ1) is 11.8. The minimum absolute atomic E-state index is 0.148. The van der Waals surface area contributed by atoms with Crippen molar-refractivity contribution in [3.05, 3.63) is 47.9 Å². The molecule has 0 atom stereocenters. The molecule has 1 aromatic heterocycles. The lowest BCUT2D eigenvalue weighted by Crippen LogP contribution is -2.35. The fourth-order valence-electron chi connectivity index (χ4n) is 2.97. The van der Waals surface area contributed by atoms with E-state index in [0.717, 1.165) is 12.8 Å². The number of para-hydroxylation sites is 2. The predicted molar refractivity (Wildman–Crippen MR) is 90.4 cm³/mol. The van der Waals surface area contributed by atoms with Crippen molar-refractivity contribution < 1.29 is 18.7 Å². The van der Waals surface area contributed by atoms with E-state index in [0.29, 0.717) is 23.0 Å². The van der Waals surface area contributed by atoms with Gasteiger partial charge in [-0.25, -0.2) is 0 Å². The summed E-state index contributed by atoms with van der Waals surface area (Å²) in [6.45, 7) is 0.247. The second kappa shape index (κ2) is 7.90. The van der Waals surface area contributed by atoms with Crippen molar-refractivity contribution in [3.8, 4) is 11.5 Å². The third kappa shape index (κ3) is 4.10. The van der Waals surface area contributed by atoms with Crippen molar-refractivity contribution in [1.29, 1.82) is 0 Å². The van der Waals surface area contributed by atoms with Crippen LogP contribution in [0.25, 0.3) is 0 Å². The molecule has 5 heteroatoms. The molecule has 24 heavy (non-hydrogen) atoms. The number of rotatable bonds is 6. The van der Waals surface area contributed by atoms with Gasteiger partial charge < -0.3 is 19.2 Å². The highest BCUT2D eigenvalue weighted by molar-refractivity contribution is 5.91. The highest BCUT2D eigenvalue weighted by Gasteiger charge is 2.19. The Balaban J connectivity index is 1.56. The van der Waals surface area contributed by atoms with Crippen molar-refractivity contribution in [2.24, 2.45) is 0 Å². The summed E-state index contributed by atoms with van der Waals surface area (Å²) in [4.78, 5) is 12.2. The summed E-state index contributed by atoms with van der Waals surface area (Å²) in [5.41, 5.74) is 0. The van der Waals surface area contributed by atoms with Crippen LogP contribution in [0.5, 0.6) is 11.5 Å². The van der Waals surface area contributed by atoms with Gasteiger partial charge >= 0.3 is 0 Å². The second-order valence-corrected chi connectivity index (χ2v) is 6.01. The van der Waals surface area contributed by atoms with Crippen LogP contribution in [0.4, 0.5) is 0 Å². The fraction of sp³-hybridized carbons (Fsp3) is 0.421. The predicted octanol–water partition coefficient (Wildman–Crippen LogP) is 3.93. The molecule has 3 rings (SSSR count). The van der Waals surface area contributed by atoms with E-state index in [1.807, 2.05) is 24.3 Å². The van der Waals surface area contributed by atoms with E-state index in [1.54, 1.807) is 19.2 Å². The first kappa shape index (κ1) is 16.4. The highest BCUT2D eigenvalue weighted by Crippen LogP contribution is 2.27. The quantitative estimate of drug-likeness (QED) is 0.872. The van der Waals surface area contributed by atoms with Crippen molar-refractivity contribution in [2.75, 3.05) is 7.11 Å². The number of ether oxygens (including phenoxy) is 2. The molecule has 0 radical (unpaired) electrons. The normalized spacial score (nSPS) is 15.0. The molecule has 1 amide bonds. The Morgan fingerprint density at radius 3 is 2.62 bits per heavy atom. The number of nitrogens with one attached hydrogen (secondary N) is 1. The molecule has 0 saturated heterocycles. The number of methoxy groups -OCH3 is 1. The summed E-state index contributed by atoms with van der Waals surface area (Å²) in [6, 6.07) is 11.2. The van der Waals surface area contributed by atoms with Crippen LogP contribution in [0.1, 0.15) is 48.4 Å². The van der Waals surface area contributed by atoms with Crippen LogP contribution in [0.15, 0.2) is 40.8 Å². The van der Waals surface area contributed by atoms with Crippen LogP contribution in [0.3, 0.4) is 0 Å². The minimum atomic E-state index is -0.148. The number of furan rings is 1. The average molecular weight is 329 g/mol. The van der Waals surface area contributed by atoms with Crippen molar-refractivity contribution in [3.63, 3.8) is 0 Å². The van der Waals surface area contributed by atoms with Gasteiger partial charge in [-0.3, -0.25) is 4.79 Å². The van der Waals surface area contributed by atoms with Gasteiger partial charge in [0.25, 0.3) is 5.91 Å². The molecule has 1 aliphatic carbocycles. The second-order valence-electron chi connectivity index (χ2n) is 6.01. The number of benzene rings is 1. The third-order valence-electron chi connectivity index (χ3n) is 4.26. The van der Waals surface area contributed by atoms with E-state index < -0.39 is 0 Å². The molecule has 5 nitrogen and oxygen atoms in total. The highest BCUT2D eigenvalue weighted by atomic mass is 16.5. The van der Waals surface area contributed by atoms with Gasteiger partial charge in [0, 0.05) is 6.04 Å². The molecule has 0 bridgehead atoms. The SMILES string of the molecule is COc1ccccc1OCc1ccc(C(=O)NC2CCCCC2)o1. The zero-order valence-electron chi connectivity index (χ0n) is 13.9. The minimum Gasteiger partial charge on any atom is -0.493 e. The smallest absolute Gasteiger partial charge is 0.287 e. The Hall–Kier alpha value is -2.43. The molecule has 1 heterocycles. The Kier molecular flexibility index (Phi) is 5.41. The molecule has 1 saturated carbocycles. The lowest BCUT2D eigenvalue weighted by Gasteiger charge is -2.22.